The van der Waals surface area contributed by atoms with Gasteiger partial charge in [0.25, 0.3) is 10.0 Å². The summed E-state index contributed by atoms with van der Waals surface area (Å²) in [4.78, 5) is 24.7. The molecule has 0 aromatic heterocycles. The van der Waals surface area contributed by atoms with Crippen LogP contribution in [0.1, 0.15) is 15.9 Å². The van der Waals surface area contributed by atoms with E-state index in [4.69, 9.17) is 9.47 Å². The molecule has 10 heteroatoms. The minimum Gasteiger partial charge on any atom is -0.497 e. The fraction of sp³-hybridized carbons (Fsp3) is 0.167. The van der Waals surface area contributed by atoms with Gasteiger partial charge in [-0.15, -0.1) is 0 Å². The van der Waals surface area contributed by atoms with Crippen LogP contribution in [0.2, 0.25) is 0 Å². The van der Waals surface area contributed by atoms with Gasteiger partial charge in [0.15, 0.2) is 0 Å². The van der Waals surface area contributed by atoms with Gasteiger partial charge in [-0.05, 0) is 61.0 Å². The number of anilines is 2. The lowest BCUT2D eigenvalue weighted by Crippen LogP contribution is -2.38. The number of hydrogen-bond donors (Lipinski definition) is 1. The maximum atomic E-state index is 14.6. The highest BCUT2D eigenvalue weighted by Gasteiger charge is 2.29. The number of para-hydroxylation sites is 1. The number of hydrogen-bond acceptors (Lipinski definition) is 6. The predicted molar refractivity (Wildman–Crippen MR) is 125 cm³/mol. The van der Waals surface area contributed by atoms with Gasteiger partial charge >= 0.3 is 5.97 Å². The molecule has 0 saturated carbocycles. The fourth-order valence-electron chi connectivity index (χ4n) is 3.25. The Morgan fingerprint density at radius 1 is 0.971 bits per heavy atom. The zero-order valence-corrected chi connectivity index (χ0v) is 19.6. The molecule has 8 nitrogen and oxygen atoms in total. The summed E-state index contributed by atoms with van der Waals surface area (Å²) in [5.74, 6) is -1.68. The summed E-state index contributed by atoms with van der Waals surface area (Å²) in [7, 11) is -1.64. The number of amides is 1. The van der Waals surface area contributed by atoms with E-state index in [0.29, 0.717) is 21.3 Å². The Hall–Kier alpha value is -3.92. The number of nitrogens with zero attached hydrogens (tertiary/aromatic N) is 1. The van der Waals surface area contributed by atoms with Gasteiger partial charge in [-0.1, -0.05) is 18.2 Å². The lowest BCUT2D eigenvalue weighted by atomic mass is 10.1. The topological polar surface area (TPSA) is 102 Å². The largest absolute Gasteiger partial charge is 0.497 e. The van der Waals surface area contributed by atoms with Gasteiger partial charge in [0.1, 0.15) is 18.1 Å². The summed E-state index contributed by atoms with van der Waals surface area (Å²) in [5.41, 5.74) is 0.701. The number of methoxy groups -OCH3 is 2. The monoisotopic (exact) mass is 486 g/mol. The van der Waals surface area contributed by atoms with E-state index >= 15 is 0 Å². The maximum Gasteiger partial charge on any atom is 0.338 e. The normalized spacial score (nSPS) is 10.9. The van der Waals surface area contributed by atoms with Gasteiger partial charge in [0.05, 0.1) is 30.4 Å². The fourth-order valence-corrected chi connectivity index (χ4v) is 4.68. The number of rotatable bonds is 8. The van der Waals surface area contributed by atoms with Crippen LogP contribution in [0.5, 0.6) is 5.75 Å². The van der Waals surface area contributed by atoms with Crippen molar-refractivity contribution in [2.75, 3.05) is 30.4 Å². The summed E-state index contributed by atoms with van der Waals surface area (Å²) in [5, 5.41) is 2.60. The van der Waals surface area contributed by atoms with Crippen molar-refractivity contribution >= 4 is 33.3 Å². The summed E-state index contributed by atoms with van der Waals surface area (Å²) in [6.07, 6.45) is 0. The quantitative estimate of drug-likeness (QED) is 0.487. The molecule has 0 aliphatic heterocycles. The summed E-state index contributed by atoms with van der Waals surface area (Å²) < 4.78 is 51.9. The molecular weight excluding hydrogens is 463 g/mol. The van der Waals surface area contributed by atoms with Crippen LogP contribution in [0.15, 0.2) is 71.6 Å². The van der Waals surface area contributed by atoms with E-state index in [1.807, 2.05) is 0 Å². The molecule has 3 aromatic rings. The van der Waals surface area contributed by atoms with E-state index < -0.39 is 34.3 Å². The van der Waals surface area contributed by atoms with Crippen molar-refractivity contribution in [3.63, 3.8) is 0 Å². The van der Waals surface area contributed by atoms with Crippen LogP contribution in [0.4, 0.5) is 15.8 Å². The van der Waals surface area contributed by atoms with Gasteiger partial charge in [-0.3, -0.25) is 9.10 Å². The van der Waals surface area contributed by atoms with Gasteiger partial charge in [-0.25, -0.2) is 17.6 Å². The van der Waals surface area contributed by atoms with Crippen LogP contribution in [0, 0.1) is 12.7 Å². The van der Waals surface area contributed by atoms with Crippen LogP contribution in [0.3, 0.4) is 0 Å². The molecule has 0 heterocycles. The van der Waals surface area contributed by atoms with Crippen molar-refractivity contribution in [1.29, 1.82) is 0 Å². The van der Waals surface area contributed by atoms with Crippen molar-refractivity contribution < 1.29 is 31.9 Å². The molecular formula is C24H23FN2O6S. The lowest BCUT2D eigenvalue weighted by Gasteiger charge is -2.24. The summed E-state index contributed by atoms with van der Waals surface area (Å²) in [6, 6.07) is 15.4. The molecule has 0 spiro atoms. The highest BCUT2D eigenvalue weighted by molar-refractivity contribution is 7.92. The number of esters is 1. The number of benzene rings is 3. The van der Waals surface area contributed by atoms with E-state index in [9.17, 15) is 22.4 Å². The van der Waals surface area contributed by atoms with Crippen molar-refractivity contribution in [3.05, 3.63) is 83.7 Å². The maximum absolute atomic E-state index is 14.6. The zero-order valence-electron chi connectivity index (χ0n) is 18.7. The second-order valence-corrected chi connectivity index (χ2v) is 9.02. The highest BCUT2D eigenvalue weighted by Crippen LogP contribution is 2.28. The van der Waals surface area contributed by atoms with E-state index in [-0.39, 0.29) is 16.1 Å². The first-order valence-electron chi connectivity index (χ1n) is 10.1. The Bertz CT molecular complexity index is 1310. The Labute approximate surface area is 197 Å². The van der Waals surface area contributed by atoms with Crippen molar-refractivity contribution in [2.24, 2.45) is 0 Å². The van der Waals surface area contributed by atoms with Gasteiger partial charge in [-0.2, -0.15) is 0 Å². The minimum atomic E-state index is -4.32. The molecule has 0 unspecified atom stereocenters. The van der Waals surface area contributed by atoms with Crippen LogP contribution in [-0.2, 0) is 19.6 Å². The molecule has 0 aliphatic carbocycles. The van der Waals surface area contributed by atoms with Crippen molar-refractivity contribution in [2.45, 2.75) is 11.8 Å². The van der Waals surface area contributed by atoms with E-state index in [1.165, 1.54) is 62.8 Å². The third-order valence-corrected chi connectivity index (χ3v) is 6.84. The zero-order chi connectivity index (χ0) is 24.9. The average Bonchev–Trinajstić information content (AvgIpc) is 2.84. The molecule has 0 fully saturated rings. The molecule has 34 heavy (non-hydrogen) atoms. The number of carbonyl (C=O) groups excluding carboxylic acids is 2. The SMILES string of the molecule is COC(=O)c1cccc(NC(=O)CN(c2ccccc2F)S(=O)(=O)c2ccc(OC)cc2)c1C. The molecule has 3 aromatic carbocycles. The molecule has 0 saturated heterocycles. The first-order chi connectivity index (χ1) is 16.2. The molecule has 0 aliphatic rings. The van der Waals surface area contributed by atoms with Crippen LogP contribution >= 0.6 is 0 Å². The minimum absolute atomic E-state index is 0.145. The standard InChI is InChI=1S/C24H23FN2O6S/c1-16-19(24(29)33-3)7-6-9-21(16)26-23(28)15-27(22-10-5-4-8-20(22)25)34(30,31)18-13-11-17(32-2)12-14-18/h4-14H,15H2,1-3H3,(H,26,28). The number of halogens is 1. The highest BCUT2D eigenvalue weighted by atomic mass is 32.2. The van der Waals surface area contributed by atoms with Crippen molar-refractivity contribution in [1.82, 2.24) is 0 Å². The summed E-state index contributed by atoms with van der Waals surface area (Å²) >= 11 is 0. The molecule has 1 N–H and O–H groups in total. The Morgan fingerprint density at radius 2 is 1.65 bits per heavy atom. The molecule has 0 atom stereocenters. The lowest BCUT2D eigenvalue weighted by molar-refractivity contribution is -0.114. The van der Waals surface area contributed by atoms with Crippen LogP contribution in [0.25, 0.3) is 0 Å². The molecule has 3 rings (SSSR count). The first kappa shape index (κ1) is 24.7. The van der Waals surface area contributed by atoms with Gasteiger partial charge in [0, 0.05) is 5.69 Å². The van der Waals surface area contributed by atoms with Crippen LogP contribution in [-0.4, -0.2) is 41.1 Å². The van der Waals surface area contributed by atoms with Gasteiger partial charge < -0.3 is 14.8 Å². The first-order valence-corrected chi connectivity index (χ1v) is 11.5. The summed E-state index contributed by atoms with van der Waals surface area (Å²) in [6.45, 7) is 0.905. The average molecular weight is 487 g/mol. The number of carbonyl (C=O) groups is 2. The second kappa shape index (κ2) is 10.3. The number of ether oxygens (including phenoxy) is 2. The van der Waals surface area contributed by atoms with E-state index in [2.05, 4.69) is 5.32 Å². The molecule has 178 valence electrons. The molecule has 0 bridgehead atoms. The van der Waals surface area contributed by atoms with Crippen LogP contribution < -0.4 is 14.4 Å². The Kier molecular flexibility index (Phi) is 7.52. The molecule has 1 amide bonds. The smallest absolute Gasteiger partial charge is 0.338 e. The van der Waals surface area contributed by atoms with Crippen molar-refractivity contribution in [3.8, 4) is 5.75 Å². The second-order valence-electron chi connectivity index (χ2n) is 7.16. The Morgan fingerprint density at radius 3 is 2.26 bits per heavy atom. The van der Waals surface area contributed by atoms with E-state index in [1.54, 1.807) is 19.1 Å². The number of nitrogens with one attached hydrogen (secondary N) is 1. The third kappa shape index (κ3) is 5.18. The third-order valence-electron chi connectivity index (χ3n) is 5.07. The molecule has 0 radical (unpaired) electrons. The Balaban J connectivity index is 1.96. The van der Waals surface area contributed by atoms with Gasteiger partial charge in [0.2, 0.25) is 5.91 Å². The number of sulfonamides is 1. The van der Waals surface area contributed by atoms with E-state index in [0.717, 1.165) is 6.07 Å². The predicted octanol–water partition coefficient (Wildman–Crippen LogP) is 3.76.